The van der Waals surface area contributed by atoms with Crippen LogP contribution in [0.15, 0.2) is 54.6 Å². The second-order valence-corrected chi connectivity index (χ2v) is 8.10. The van der Waals surface area contributed by atoms with Crippen molar-refractivity contribution in [2.75, 3.05) is 49.3 Å². The Hall–Kier alpha value is -2.21. The van der Waals surface area contributed by atoms with Gasteiger partial charge in [0.2, 0.25) is 0 Å². The number of likely N-dealkylation sites (N-methyl/N-ethyl adjacent to an activating group) is 2. The van der Waals surface area contributed by atoms with Gasteiger partial charge >= 0.3 is 0 Å². The van der Waals surface area contributed by atoms with Crippen molar-refractivity contribution in [2.45, 2.75) is 25.6 Å². The van der Waals surface area contributed by atoms with Gasteiger partial charge in [-0.1, -0.05) is 42.5 Å². The smallest absolute Gasteiger partial charge is 0.253 e. The number of hydrogen-bond donors (Lipinski definition) is 1. The first-order valence-corrected chi connectivity index (χ1v) is 10.0. The Morgan fingerprint density at radius 1 is 0.897 bits per heavy atom. The van der Waals surface area contributed by atoms with Crippen molar-refractivity contribution in [1.82, 2.24) is 20.0 Å². The molecule has 2 aromatic rings. The molecule has 5 heteroatoms. The van der Waals surface area contributed by atoms with E-state index in [9.17, 15) is 4.79 Å². The lowest BCUT2D eigenvalue weighted by atomic mass is 9.98. The predicted octanol–water partition coefficient (Wildman–Crippen LogP) is 3.35. The van der Waals surface area contributed by atoms with Crippen LogP contribution in [-0.2, 0) is 6.54 Å². The maximum atomic E-state index is 12.7. The molecule has 0 saturated heterocycles. The molecule has 1 N–H and O–H groups in total. The van der Waals surface area contributed by atoms with Crippen molar-refractivity contribution in [3.05, 3.63) is 71.3 Å². The molecule has 2 atom stereocenters. The fraction of sp³-hybridized carbons (Fsp3) is 0.458. The molecule has 1 amide bonds. The molecule has 0 saturated carbocycles. The molecule has 2 rings (SSSR count). The number of benzene rings is 2. The summed E-state index contributed by atoms with van der Waals surface area (Å²) in [6.45, 7) is 2.77. The van der Waals surface area contributed by atoms with Gasteiger partial charge in [-0.25, -0.2) is 0 Å². The van der Waals surface area contributed by atoms with Gasteiger partial charge in [-0.2, -0.15) is 0 Å². The zero-order valence-corrected chi connectivity index (χ0v) is 19.3. The fourth-order valence-electron chi connectivity index (χ4n) is 3.16. The van der Waals surface area contributed by atoms with E-state index < -0.39 is 0 Å². The average Bonchev–Trinajstić information content (AvgIpc) is 2.68. The van der Waals surface area contributed by atoms with E-state index >= 15 is 0 Å². The lowest BCUT2D eigenvalue weighted by molar-refractivity contribution is 0.0785. The molecular weight excluding hydrogens is 360 g/mol. The van der Waals surface area contributed by atoms with Gasteiger partial charge in [-0.15, -0.1) is 0 Å². The molecule has 0 aliphatic heterocycles. The molecule has 0 radical (unpaired) electrons. The third-order valence-electron chi connectivity index (χ3n) is 4.59. The van der Waals surface area contributed by atoms with Crippen LogP contribution in [0.2, 0.25) is 0 Å². The second kappa shape index (κ2) is 12.4. The Bertz CT molecular complexity index is 711. The lowest BCUT2D eigenvalue weighted by Gasteiger charge is -2.30. The molecule has 5 nitrogen and oxygen atoms in total. The number of carbonyl (C=O) groups excluding carboxylic acids is 1. The van der Waals surface area contributed by atoms with E-state index in [0.717, 1.165) is 11.1 Å². The Morgan fingerprint density at radius 3 is 1.86 bits per heavy atom. The Morgan fingerprint density at radius 2 is 1.41 bits per heavy atom. The molecule has 2 aromatic carbocycles. The van der Waals surface area contributed by atoms with Crippen LogP contribution >= 0.6 is 0 Å². The zero-order chi connectivity index (χ0) is 22.0. The molecule has 0 aliphatic rings. The minimum Gasteiger partial charge on any atom is -0.337 e. The zero-order valence-electron chi connectivity index (χ0n) is 19.3. The summed E-state index contributed by atoms with van der Waals surface area (Å²) in [6, 6.07) is 18.6. The molecule has 1 unspecified atom stereocenters. The van der Waals surface area contributed by atoms with Gasteiger partial charge in [0.25, 0.3) is 5.91 Å². The second-order valence-electron chi connectivity index (χ2n) is 8.10. The number of rotatable bonds is 7. The number of nitrogens with zero attached hydrogens (tertiary/aromatic N) is 3. The van der Waals surface area contributed by atoms with Crippen LogP contribution < -0.4 is 5.32 Å². The normalized spacial score (nSPS) is 12.9. The summed E-state index contributed by atoms with van der Waals surface area (Å²) in [7, 11) is 14.0. The van der Waals surface area contributed by atoms with Crippen LogP contribution in [0.3, 0.4) is 0 Å². The van der Waals surface area contributed by atoms with Gasteiger partial charge in [0, 0.05) is 31.2 Å². The summed E-state index contributed by atoms with van der Waals surface area (Å²) in [5.41, 5.74) is 3.05. The summed E-state index contributed by atoms with van der Waals surface area (Å²) in [5.74, 6) is 0.0403. The summed E-state index contributed by atoms with van der Waals surface area (Å²) >= 11 is 0. The maximum absolute atomic E-state index is 12.7. The van der Waals surface area contributed by atoms with E-state index in [-0.39, 0.29) is 11.9 Å². The van der Waals surface area contributed by atoms with Crippen molar-refractivity contribution >= 4 is 5.91 Å². The highest BCUT2D eigenvalue weighted by Gasteiger charge is 2.21. The van der Waals surface area contributed by atoms with Crippen LogP contribution in [0.5, 0.6) is 0 Å². The standard InChI is InChI=1S/C21H29N3O.C3H9N/c1-16(22-2)20(23(3)4)18-11-13-19(14-12-18)21(25)24(5)15-17-9-7-6-8-10-17;1-4(2)3/h6-14,16,20,22H,15H2,1-5H3;1-3H3/t16-,20?;/m0./s1. The molecular formula is C24H38N4O. The largest absolute Gasteiger partial charge is 0.337 e. The van der Waals surface area contributed by atoms with Gasteiger partial charge in [-0.05, 0) is 72.5 Å². The Balaban J connectivity index is 0.000000960. The fourth-order valence-corrected chi connectivity index (χ4v) is 3.16. The van der Waals surface area contributed by atoms with E-state index in [0.29, 0.717) is 12.6 Å². The monoisotopic (exact) mass is 398 g/mol. The van der Waals surface area contributed by atoms with Crippen LogP contribution in [-0.4, -0.2) is 76.0 Å². The van der Waals surface area contributed by atoms with Crippen LogP contribution in [0.1, 0.15) is 34.5 Å². The van der Waals surface area contributed by atoms with E-state index in [2.05, 4.69) is 43.4 Å². The molecule has 0 aliphatic carbocycles. The van der Waals surface area contributed by atoms with Gasteiger partial charge in [0.05, 0.1) is 0 Å². The third-order valence-corrected chi connectivity index (χ3v) is 4.59. The SMILES string of the molecule is CN(C)C.CN[C@@H](C)C(c1ccc(C(=O)N(C)Cc2ccccc2)cc1)N(C)C. The number of hydrogen-bond acceptors (Lipinski definition) is 4. The lowest BCUT2D eigenvalue weighted by Crippen LogP contribution is -2.37. The highest BCUT2D eigenvalue weighted by Crippen LogP contribution is 2.22. The first kappa shape index (κ1) is 24.8. The quantitative estimate of drug-likeness (QED) is 0.776. The predicted molar refractivity (Wildman–Crippen MR) is 123 cm³/mol. The van der Waals surface area contributed by atoms with Crippen molar-refractivity contribution < 1.29 is 4.79 Å². The Labute approximate surface area is 177 Å². The number of nitrogens with one attached hydrogen (secondary N) is 1. The van der Waals surface area contributed by atoms with Gasteiger partial charge in [0.1, 0.15) is 0 Å². The molecule has 160 valence electrons. The first-order chi connectivity index (χ1) is 13.7. The molecule has 0 fully saturated rings. The molecule has 0 aromatic heterocycles. The Kier molecular flexibility index (Phi) is 10.6. The van der Waals surface area contributed by atoms with Gasteiger partial charge in [0.15, 0.2) is 0 Å². The van der Waals surface area contributed by atoms with Gasteiger partial charge < -0.3 is 20.0 Å². The first-order valence-electron chi connectivity index (χ1n) is 10.0. The summed E-state index contributed by atoms with van der Waals surface area (Å²) in [6.07, 6.45) is 0. The molecule has 0 heterocycles. The highest BCUT2D eigenvalue weighted by atomic mass is 16.2. The van der Waals surface area contributed by atoms with Crippen LogP contribution in [0, 0.1) is 0 Å². The average molecular weight is 399 g/mol. The maximum Gasteiger partial charge on any atom is 0.253 e. The molecule has 29 heavy (non-hydrogen) atoms. The van der Waals surface area contributed by atoms with E-state index in [1.807, 2.05) is 82.6 Å². The highest BCUT2D eigenvalue weighted by molar-refractivity contribution is 5.94. The van der Waals surface area contributed by atoms with E-state index in [1.165, 1.54) is 5.56 Å². The minimum atomic E-state index is 0.0403. The minimum absolute atomic E-state index is 0.0403. The number of carbonyl (C=O) groups is 1. The van der Waals surface area contributed by atoms with Crippen LogP contribution in [0.25, 0.3) is 0 Å². The van der Waals surface area contributed by atoms with Crippen molar-refractivity contribution in [2.24, 2.45) is 0 Å². The van der Waals surface area contributed by atoms with E-state index in [1.54, 1.807) is 4.90 Å². The number of amides is 1. The molecule has 0 bridgehead atoms. The van der Waals surface area contributed by atoms with Crippen molar-refractivity contribution in [3.63, 3.8) is 0 Å². The third kappa shape index (κ3) is 8.36. The molecule has 0 spiro atoms. The van der Waals surface area contributed by atoms with Crippen LogP contribution in [0.4, 0.5) is 0 Å². The topological polar surface area (TPSA) is 38.8 Å². The van der Waals surface area contributed by atoms with E-state index in [4.69, 9.17) is 0 Å². The summed E-state index contributed by atoms with van der Waals surface area (Å²) in [4.78, 5) is 18.6. The van der Waals surface area contributed by atoms with Gasteiger partial charge in [-0.3, -0.25) is 4.79 Å². The van der Waals surface area contributed by atoms with Crippen molar-refractivity contribution in [3.8, 4) is 0 Å². The summed E-state index contributed by atoms with van der Waals surface area (Å²) < 4.78 is 0. The van der Waals surface area contributed by atoms with Crippen molar-refractivity contribution in [1.29, 1.82) is 0 Å². The summed E-state index contributed by atoms with van der Waals surface area (Å²) in [5, 5.41) is 3.31.